The summed E-state index contributed by atoms with van der Waals surface area (Å²) in [6.07, 6.45) is 0. The maximum absolute atomic E-state index is 12.4. The number of nitrogens with zero attached hydrogens (tertiary/aromatic N) is 2. The Kier molecular flexibility index (Phi) is 6.79. The summed E-state index contributed by atoms with van der Waals surface area (Å²) < 4.78 is 0. The van der Waals surface area contributed by atoms with Gasteiger partial charge in [-0.05, 0) is 24.4 Å². The number of nitro benzene ring substituents is 1. The summed E-state index contributed by atoms with van der Waals surface area (Å²) in [6, 6.07) is 4.31. The van der Waals surface area contributed by atoms with Crippen LogP contribution in [-0.2, 0) is 0 Å². The van der Waals surface area contributed by atoms with Gasteiger partial charge >= 0.3 is 0 Å². The predicted octanol–water partition coefficient (Wildman–Crippen LogP) is 2.38. The lowest BCUT2D eigenvalue weighted by Gasteiger charge is -2.29. The van der Waals surface area contributed by atoms with Crippen molar-refractivity contribution >= 4 is 24.0 Å². The van der Waals surface area contributed by atoms with Gasteiger partial charge in [0.05, 0.1) is 4.92 Å². The smallest absolute Gasteiger partial charge is 0.270 e. The molecule has 7 heteroatoms. The van der Waals surface area contributed by atoms with Gasteiger partial charge in [-0.3, -0.25) is 14.9 Å². The number of hydrogen-bond donors (Lipinski definition) is 1. The molecule has 0 aliphatic rings. The van der Waals surface area contributed by atoms with E-state index >= 15 is 0 Å². The van der Waals surface area contributed by atoms with E-state index in [4.69, 9.17) is 5.73 Å². The van der Waals surface area contributed by atoms with Crippen LogP contribution in [0.25, 0.3) is 0 Å². The molecule has 0 aliphatic carbocycles. The molecule has 0 atom stereocenters. The van der Waals surface area contributed by atoms with Crippen LogP contribution in [0.15, 0.2) is 18.2 Å². The van der Waals surface area contributed by atoms with Crippen molar-refractivity contribution in [3.8, 4) is 0 Å². The zero-order chi connectivity index (χ0) is 15.5. The lowest BCUT2D eigenvalue weighted by molar-refractivity contribution is -0.384. The minimum Gasteiger partial charge on any atom is -0.341 e. The van der Waals surface area contributed by atoms with Crippen LogP contribution in [-0.4, -0.2) is 35.9 Å². The highest BCUT2D eigenvalue weighted by atomic mass is 35.5. The monoisotopic (exact) mass is 315 g/mol. The number of halogens is 1. The zero-order valence-corrected chi connectivity index (χ0v) is 13.6. The van der Waals surface area contributed by atoms with Crippen LogP contribution in [0, 0.1) is 22.5 Å². The third-order valence-corrected chi connectivity index (χ3v) is 3.23. The molecule has 1 rings (SSSR count). The lowest BCUT2D eigenvalue weighted by atomic mass is 9.93. The highest BCUT2D eigenvalue weighted by Crippen LogP contribution is 2.21. The number of non-ortho nitro benzene ring substituents is 1. The summed E-state index contributed by atoms with van der Waals surface area (Å²) >= 11 is 0. The molecular weight excluding hydrogens is 294 g/mol. The van der Waals surface area contributed by atoms with Gasteiger partial charge in [-0.15, -0.1) is 12.4 Å². The van der Waals surface area contributed by atoms with Crippen molar-refractivity contribution in [2.45, 2.75) is 20.8 Å². The maximum Gasteiger partial charge on any atom is 0.270 e. The molecule has 0 bridgehead atoms. The van der Waals surface area contributed by atoms with E-state index in [9.17, 15) is 14.9 Å². The van der Waals surface area contributed by atoms with Gasteiger partial charge in [-0.2, -0.15) is 0 Å². The van der Waals surface area contributed by atoms with E-state index < -0.39 is 4.92 Å². The summed E-state index contributed by atoms with van der Waals surface area (Å²) in [7, 11) is 1.68. The SMILES string of the molecule is Cc1ccc([N+](=O)[O-])cc1C(=O)N(C)CC(C)(C)CN.Cl. The number of amides is 1. The van der Waals surface area contributed by atoms with Gasteiger partial charge < -0.3 is 10.6 Å². The summed E-state index contributed by atoms with van der Waals surface area (Å²) in [6.45, 7) is 6.65. The molecule has 0 radical (unpaired) electrons. The van der Waals surface area contributed by atoms with E-state index in [1.54, 1.807) is 24.9 Å². The minimum absolute atomic E-state index is 0. The Morgan fingerprint density at radius 2 is 2.00 bits per heavy atom. The molecular formula is C14H22ClN3O3. The summed E-state index contributed by atoms with van der Waals surface area (Å²) in [5, 5.41) is 10.8. The largest absolute Gasteiger partial charge is 0.341 e. The Morgan fingerprint density at radius 3 is 2.48 bits per heavy atom. The molecule has 1 aromatic carbocycles. The predicted molar refractivity (Wildman–Crippen MR) is 84.9 cm³/mol. The van der Waals surface area contributed by atoms with E-state index in [-0.39, 0.29) is 29.4 Å². The van der Waals surface area contributed by atoms with Gasteiger partial charge in [-0.25, -0.2) is 0 Å². The normalized spacial score (nSPS) is 10.7. The van der Waals surface area contributed by atoms with Crippen molar-refractivity contribution in [2.24, 2.45) is 11.1 Å². The number of carbonyl (C=O) groups excluding carboxylic acids is 1. The van der Waals surface area contributed by atoms with Crippen molar-refractivity contribution < 1.29 is 9.72 Å². The molecule has 1 amide bonds. The second kappa shape index (κ2) is 7.38. The van der Waals surface area contributed by atoms with Crippen LogP contribution in [0.5, 0.6) is 0 Å². The standard InChI is InChI=1S/C14H21N3O3.ClH/c1-10-5-6-11(17(19)20)7-12(10)13(18)16(4)9-14(2,3)8-15;/h5-7H,8-9,15H2,1-4H3;1H. The Balaban J connectivity index is 0.00000400. The molecule has 21 heavy (non-hydrogen) atoms. The number of nitro groups is 1. The molecule has 118 valence electrons. The van der Waals surface area contributed by atoms with E-state index in [1.807, 2.05) is 13.8 Å². The first-order valence-electron chi connectivity index (χ1n) is 6.38. The highest BCUT2D eigenvalue weighted by Gasteiger charge is 2.23. The Hall–Kier alpha value is -1.66. The fraction of sp³-hybridized carbons (Fsp3) is 0.500. The average Bonchev–Trinajstić information content (AvgIpc) is 2.37. The third kappa shape index (κ3) is 4.99. The van der Waals surface area contributed by atoms with Gasteiger partial charge in [0.2, 0.25) is 0 Å². The van der Waals surface area contributed by atoms with Crippen LogP contribution in [0.2, 0.25) is 0 Å². The second-order valence-electron chi connectivity index (χ2n) is 5.79. The maximum atomic E-state index is 12.4. The first-order chi connectivity index (χ1) is 9.18. The van der Waals surface area contributed by atoms with Crippen molar-refractivity contribution in [1.82, 2.24) is 4.90 Å². The number of hydrogen-bond acceptors (Lipinski definition) is 4. The van der Waals surface area contributed by atoms with E-state index in [2.05, 4.69) is 0 Å². The molecule has 0 unspecified atom stereocenters. The summed E-state index contributed by atoms with van der Waals surface area (Å²) in [4.78, 5) is 24.2. The topological polar surface area (TPSA) is 89.5 Å². The van der Waals surface area contributed by atoms with Crippen molar-refractivity contribution in [3.05, 3.63) is 39.4 Å². The quantitative estimate of drug-likeness (QED) is 0.667. The van der Waals surface area contributed by atoms with Crippen LogP contribution in [0.4, 0.5) is 5.69 Å². The van der Waals surface area contributed by atoms with Gasteiger partial charge in [0.25, 0.3) is 11.6 Å². The van der Waals surface area contributed by atoms with Crippen molar-refractivity contribution in [1.29, 1.82) is 0 Å². The Morgan fingerprint density at radius 1 is 1.43 bits per heavy atom. The number of carbonyl (C=O) groups is 1. The fourth-order valence-corrected chi connectivity index (χ4v) is 1.94. The average molecular weight is 316 g/mol. The first kappa shape index (κ1) is 19.3. The lowest BCUT2D eigenvalue weighted by Crippen LogP contribution is -2.40. The van der Waals surface area contributed by atoms with E-state index in [0.717, 1.165) is 5.56 Å². The van der Waals surface area contributed by atoms with Gasteiger partial charge in [-0.1, -0.05) is 19.9 Å². The molecule has 2 N–H and O–H groups in total. The number of nitrogens with two attached hydrogens (primary N) is 1. The number of benzene rings is 1. The van der Waals surface area contributed by atoms with Crippen LogP contribution in [0.3, 0.4) is 0 Å². The molecule has 0 aromatic heterocycles. The minimum atomic E-state index is -0.500. The van der Waals surface area contributed by atoms with Gasteiger partial charge in [0.15, 0.2) is 0 Å². The van der Waals surface area contributed by atoms with Crippen LogP contribution < -0.4 is 5.73 Å². The third-order valence-electron chi connectivity index (χ3n) is 3.23. The highest BCUT2D eigenvalue weighted by molar-refractivity contribution is 5.96. The van der Waals surface area contributed by atoms with Crippen LogP contribution in [0.1, 0.15) is 29.8 Å². The molecule has 0 spiro atoms. The molecule has 0 heterocycles. The molecule has 6 nitrogen and oxygen atoms in total. The Labute approximate surface area is 130 Å². The number of rotatable bonds is 5. The van der Waals surface area contributed by atoms with Crippen molar-refractivity contribution in [2.75, 3.05) is 20.1 Å². The summed E-state index contributed by atoms with van der Waals surface area (Å²) in [5.41, 5.74) is 6.46. The molecule has 0 saturated heterocycles. The molecule has 0 fully saturated rings. The Bertz CT molecular complexity index is 532. The van der Waals surface area contributed by atoms with Crippen molar-refractivity contribution in [3.63, 3.8) is 0 Å². The second-order valence-corrected chi connectivity index (χ2v) is 5.79. The molecule has 0 saturated carbocycles. The van der Waals surface area contributed by atoms with E-state index in [0.29, 0.717) is 18.7 Å². The van der Waals surface area contributed by atoms with Gasteiger partial charge in [0, 0.05) is 31.3 Å². The zero-order valence-electron chi connectivity index (χ0n) is 12.8. The summed E-state index contributed by atoms with van der Waals surface area (Å²) in [5.74, 6) is -0.229. The van der Waals surface area contributed by atoms with Gasteiger partial charge in [0.1, 0.15) is 0 Å². The fourth-order valence-electron chi connectivity index (χ4n) is 1.94. The molecule has 0 aliphatic heterocycles. The first-order valence-corrected chi connectivity index (χ1v) is 6.38. The molecule has 1 aromatic rings. The van der Waals surface area contributed by atoms with Crippen LogP contribution >= 0.6 is 12.4 Å². The number of aryl methyl sites for hydroxylation is 1. The van der Waals surface area contributed by atoms with E-state index in [1.165, 1.54) is 12.1 Å².